The summed E-state index contributed by atoms with van der Waals surface area (Å²) < 4.78 is 0. The summed E-state index contributed by atoms with van der Waals surface area (Å²) in [6.45, 7) is 6.11. The SMILES string of the molecule is CC(C)(C)c1cc(N=[N+]=[N-])ncn1. The van der Waals surface area contributed by atoms with Crippen LogP contribution >= 0.6 is 0 Å². The Bertz CT molecular complexity index is 346. The van der Waals surface area contributed by atoms with Gasteiger partial charge in [-0.15, -0.1) is 0 Å². The maximum Gasteiger partial charge on any atom is 0.130 e. The molecule has 0 N–H and O–H groups in total. The maximum atomic E-state index is 8.21. The monoisotopic (exact) mass is 177 g/mol. The van der Waals surface area contributed by atoms with Gasteiger partial charge in [0.25, 0.3) is 0 Å². The molecule has 0 spiro atoms. The van der Waals surface area contributed by atoms with E-state index in [0.29, 0.717) is 5.82 Å². The van der Waals surface area contributed by atoms with Crippen LogP contribution in [0.5, 0.6) is 0 Å². The minimum atomic E-state index is -0.0529. The van der Waals surface area contributed by atoms with E-state index in [1.165, 1.54) is 6.33 Å². The molecule has 5 nitrogen and oxygen atoms in total. The van der Waals surface area contributed by atoms with Crippen molar-refractivity contribution in [2.45, 2.75) is 26.2 Å². The molecule has 0 aliphatic carbocycles. The Balaban J connectivity index is 3.12. The molecule has 0 aromatic carbocycles. The molecule has 0 radical (unpaired) electrons. The van der Waals surface area contributed by atoms with Gasteiger partial charge in [0.2, 0.25) is 0 Å². The Morgan fingerprint density at radius 2 is 2.08 bits per heavy atom. The molecule has 1 heterocycles. The van der Waals surface area contributed by atoms with Crippen molar-refractivity contribution in [3.8, 4) is 0 Å². The van der Waals surface area contributed by atoms with E-state index in [9.17, 15) is 0 Å². The molecule has 0 unspecified atom stereocenters. The number of rotatable bonds is 1. The van der Waals surface area contributed by atoms with Crippen LogP contribution in [0, 0.1) is 0 Å². The highest BCUT2D eigenvalue weighted by Crippen LogP contribution is 2.21. The molecule has 13 heavy (non-hydrogen) atoms. The molecule has 0 saturated heterocycles. The van der Waals surface area contributed by atoms with Gasteiger partial charge in [0.05, 0.1) is 0 Å². The Hall–Kier alpha value is -1.61. The maximum absolute atomic E-state index is 8.21. The zero-order valence-corrected chi connectivity index (χ0v) is 7.89. The van der Waals surface area contributed by atoms with E-state index >= 15 is 0 Å². The summed E-state index contributed by atoms with van der Waals surface area (Å²) in [4.78, 5) is 10.6. The molecule has 0 saturated carbocycles. The van der Waals surface area contributed by atoms with Crippen molar-refractivity contribution in [1.82, 2.24) is 9.97 Å². The van der Waals surface area contributed by atoms with E-state index in [0.717, 1.165) is 5.69 Å². The molecule has 0 amide bonds. The van der Waals surface area contributed by atoms with Crippen molar-refractivity contribution >= 4 is 5.82 Å². The number of azide groups is 1. The minimum Gasteiger partial charge on any atom is -0.241 e. The van der Waals surface area contributed by atoms with Crippen LogP contribution in [0.2, 0.25) is 0 Å². The predicted molar refractivity (Wildman–Crippen MR) is 49.5 cm³/mol. The second kappa shape index (κ2) is 3.41. The first-order valence-electron chi connectivity index (χ1n) is 3.91. The molecular weight excluding hydrogens is 166 g/mol. The Kier molecular flexibility index (Phi) is 2.49. The van der Waals surface area contributed by atoms with Crippen LogP contribution in [0.25, 0.3) is 10.4 Å². The first-order valence-corrected chi connectivity index (χ1v) is 3.91. The van der Waals surface area contributed by atoms with Crippen LogP contribution in [0.3, 0.4) is 0 Å². The fraction of sp³-hybridized carbons (Fsp3) is 0.500. The summed E-state index contributed by atoms with van der Waals surface area (Å²) in [5, 5.41) is 3.41. The summed E-state index contributed by atoms with van der Waals surface area (Å²) >= 11 is 0. The molecular formula is C8H11N5. The molecule has 5 heteroatoms. The zero-order chi connectivity index (χ0) is 9.90. The average molecular weight is 177 g/mol. The van der Waals surface area contributed by atoms with Crippen molar-refractivity contribution in [3.63, 3.8) is 0 Å². The van der Waals surface area contributed by atoms with E-state index in [1.54, 1.807) is 6.07 Å². The van der Waals surface area contributed by atoms with Gasteiger partial charge in [0.1, 0.15) is 12.1 Å². The van der Waals surface area contributed by atoms with Crippen molar-refractivity contribution in [3.05, 3.63) is 28.5 Å². The van der Waals surface area contributed by atoms with E-state index in [1.807, 2.05) is 20.8 Å². The van der Waals surface area contributed by atoms with Crippen LogP contribution < -0.4 is 0 Å². The fourth-order valence-electron chi connectivity index (χ4n) is 0.858. The third-order valence-electron chi connectivity index (χ3n) is 1.57. The van der Waals surface area contributed by atoms with Gasteiger partial charge < -0.3 is 0 Å². The smallest absolute Gasteiger partial charge is 0.130 e. The quantitative estimate of drug-likeness (QED) is 0.375. The molecule has 1 rings (SSSR count). The lowest BCUT2D eigenvalue weighted by molar-refractivity contribution is 0.567. The van der Waals surface area contributed by atoms with Crippen LogP contribution in [-0.4, -0.2) is 9.97 Å². The topological polar surface area (TPSA) is 74.5 Å². The van der Waals surface area contributed by atoms with Gasteiger partial charge in [-0.05, 0) is 16.7 Å². The second-order valence-electron chi connectivity index (χ2n) is 3.70. The lowest BCUT2D eigenvalue weighted by Crippen LogP contribution is -2.13. The lowest BCUT2D eigenvalue weighted by Gasteiger charge is -2.16. The van der Waals surface area contributed by atoms with Crippen molar-refractivity contribution < 1.29 is 0 Å². The van der Waals surface area contributed by atoms with Crippen molar-refractivity contribution in [2.24, 2.45) is 5.11 Å². The Morgan fingerprint density at radius 1 is 1.38 bits per heavy atom. The van der Waals surface area contributed by atoms with Gasteiger partial charge in [0, 0.05) is 16.0 Å². The predicted octanol–water partition coefficient (Wildman–Crippen LogP) is 2.72. The van der Waals surface area contributed by atoms with Crippen LogP contribution in [0.1, 0.15) is 26.5 Å². The van der Waals surface area contributed by atoms with Gasteiger partial charge in [-0.2, -0.15) is 0 Å². The number of hydrogen-bond donors (Lipinski definition) is 0. The number of hydrogen-bond acceptors (Lipinski definition) is 3. The fourth-order valence-corrected chi connectivity index (χ4v) is 0.858. The molecule has 68 valence electrons. The Morgan fingerprint density at radius 3 is 2.62 bits per heavy atom. The highest BCUT2D eigenvalue weighted by molar-refractivity contribution is 5.30. The third-order valence-corrected chi connectivity index (χ3v) is 1.57. The zero-order valence-electron chi connectivity index (χ0n) is 7.89. The molecule has 0 atom stereocenters. The van der Waals surface area contributed by atoms with Crippen LogP contribution in [0.15, 0.2) is 17.5 Å². The minimum absolute atomic E-state index is 0.0529. The molecule has 1 aromatic heterocycles. The summed E-state index contributed by atoms with van der Waals surface area (Å²) in [5.41, 5.74) is 9.02. The molecule has 0 fully saturated rings. The van der Waals surface area contributed by atoms with Crippen LogP contribution in [0.4, 0.5) is 5.82 Å². The van der Waals surface area contributed by atoms with E-state index in [4.69, 9.17) is 5.53 Å². The van der Waals surface area contributed by atoms with Gasteiger partial charge in [-0.25, -0.2) is 9.97 Å². The summed E-state index contributed by atoms with van der Waals surface area (Å²) in [5.74, 6) is 0.363. The molecule has 0 aliphatic heterocycles. The normalized spacial score (nSPS) is 10.7. The van der Waals surface area contributed by atoms with Gasteiger partial charge >= 0.3 is 0 Å². The summed E-state index contributed by atoms with van der Waals surface area (Å²) in [7, 11) is 0. The number of nitrogens with zero attached hydrogens (tertiary/aromatic N) is 5. The lowest BCUT2D eigenvalue weighted by atomic mass is 9.92. The van der Waals surface area contributed by atoms with E-state index in [-0.39, 0.29) is 5.41 Å². The molecule has 1 aromatic rings. The summed E-state index contributed by atoms with van der Waals surface area (Å²) in [6.07, 6.45) is 1.41. The largest absolute Gasteiger partial charge is 0.241 e. The van der Waals surface area contributed by atoms with E-state index < -0.39 is 0 Å². The van der Waals surface area contributed by atoms with E-state index in [2.05, 4.69) is 20.0 Å². The standard InChI is InChI=1S/C8H11N5/c1-8(2,3)6-4-7(12-13-9)11-5-10-6/h4-5H,1-3H3. The average Bonchev–Trinajstić information content (AvgIpc) is 2.04. The van der Waals surface area contributed by atoms with Crippen LogP contribution in [-0.2, 0) is 5.41 Å². The van der Waals surface area contributed by atoms with Crippen molar-refractivity contribution in [2.75, 3.05) is 0 Å². The molecule has 0 aliphatic rings. The number of aromatic nitrogens is 2. The second-order valence-corrected chi connectivity index (χ2v) is 3.70. The van der Waals surface area contributed by atoms with Crippen molar-refractivity contribution in [1.29, 1.82) is 0 Å². The highest BCUT2D eigenvalue weighted by atomic mass is 15.2. The first-order chi connectivity index (χ1) is 6.04. The van der Waals surface area contributed by atoms with Gasteiger partial charge in [-0.3, -0.25) is 0 Å². The third kappa shape index (κ3) is 2.42. The first kappa shape index (κ1) is 9.48. The molecule has 0 bridgehead atoms. The Labute approximate surface area is 76.5 Å². The highest BCUT2D eigenvalue weighted by Gasteiger charge is 2.15. The summed E-state index contributed by atoms with van der Waals surface area (Å²) in [6, 6.07) is 1.69. The van der Waals surface area contributed by atoms with Gasteiger partial charge in [0.15, 0.2) is 0 Å². The van der Waals surface area contributed by atoms with Gasteiger partial charge in [-0.1, -0.05) is 20.8 Å².